The number of benzene rings is 1. The quantitative estimate of drug-likeness (QED) is 0.393. The van der Waals surface area contributed by atoms with Gasteiger partial charge < -0.3 is 20.1 Å². The number of guanidine groups is 1. The number of β-amino-alcohol motifs (C(OH)–C–C–N with tert-alkyl or cyclic N) is 1. The van der Waals surface area contributed by atoms with Crippen LogP contribution < -0.4 is 10.1 Å². The van der Waals surface area contributed by atoms with E-state index < -0.39 is 12.8 Å². The highest BCUT2D eigenvalue weighted by molar-refractivity contribution is 14.0. The predicted molar refractivity (Wildman–Crippen MR) is 100 cm³/mol. The van der Waals surface area contributed by atoms with E-state index in [1.54, 1.807) is 12.1 Å². The summed E-state index contributed by atoms with van der Waals surface area (Å²) in [6, 6.07) is 6.39. The second-order valence-corrected chi connectivity index (χ2v) is 5.61. The molecule has 1 aromatic carbocycles. The van der Waals surface area contributed by atoms with E-state index in [4.69, 9.17) is 0 Å². The molecule has 1 fully saturated rings. The van der Waals surface area contributed by atoms with Crippen molar-refractivity contribution in [2.45, 2.75) is 32.2 Å². The molecule has 9 heteroatoms. The molecule has 0 radical (unpaired) electrons. The summed E-state index contributed by atoms with van der Waals surface area (Å²) in [5, 5.41) is 12.8. The molecule has 5 nitrogen and oxygen atoms in total. The number of aliphatic imine (C=N–C) groups is 1. The third kappa shape index (κ3) is 7.68. The van der Waals surface area contributed by atoms with Gasteiger partial charge in [0.2, 0.25) is 0 Å². The Morgan fingerprint density at radius 3 is 2.56 bits per heavy atom. The van der Waals surface area contributed by atoms with E-state index in [0.29, 0.717) is 13.1 Å². The summed E-state index contributed by atoms with van der Waals surface area (Å²) in [6.07, 6.45) is -3.96. The zero-order valence-electron chi connectivity index (χ0n) is 13.9. The van der Waals surface area contributed by atoms with Crippen molar-refractivity contribution in [3.05, 3.63) is 29.8 Å². The number of halogens is 4. The monoisotopic (exact) mass is 473 g/mol. The van der Waals surface area contributed by atoms with Crippen LogP contribution in [0.4, 0.5) is 13.2 Å². The van der Waals surface area contributed by atoms with E-state index in [0.717, 1.165) is 31.0 Å². The van der Waals surface area contributed by atoms with Crippen molar-refractivity contribution in [1.29, 1.82) is 0 Å². The lowest BCUT2D eigenvalue weighted by molar-refractivity contribution is -0.153. The lowest BCUT2D eigenvalue weighted by Crippen LogP contribution is -2.40. The average molecular weight is 473 g/mol. The summed E-state index contributed by atoms with van der Waals surface area (Å²) in [4.78, 5) is 6.51. The molecule has 2 rings (SSSR count). The smallest absolute Gasteiger partial charge is 0.422 e. The van der Waals surface area contributed by atoms with Crippen LogP contribution in [0, 0.1) is 0 Å². The van der Waals surface area contributed by atoms with E-state index >= 15 is 0 Å². The maximum atomic E-state index is 12.1. The number of hydrogen-bond acceptors (Lipinski definition) is 3. The van der Waals surface area contributed by atoms with Crippen LogP contribution in [-0.4, -0.2) is 54.5 Å². The van der Waals surface area contributed by atoms with Gasteiger partial charge in [0.1, 0.15) is 5.75 Å². The van der Waals surface area contributed by atoms with Crippen LogP contribution in [0.25, 0.3) is 0 Å². The minimum atomic E-state index is -4.34. The molecular weight excluding hydrogens is 450 g/mol. The van der Waals surface area contributed by atoms with E-state index in [1.165, 1.54) is 12.1 Å². The van der Waals surface area contributed by atoms with Gasteiger partial charge >= 0.3 is 6.18 Å². The Kier molecular flexibility index (Phi) is 8.77. The van der Waals surface area contributed by atoms with Crippen LogP contribution in [0.2, 0.25) is 0 Å². The van der Waals surface area contributed by atoms with E-state index in [1.807, 2.05) is 11.8 Å². The molecule has 0 aromatic heterocycles. The highest BCUT2D eigenvalue weighted by Crippen LogP contribution is 2.19. The zero-order valence-corrected chi connectivity index (χ0v) is 16.3. The highest BCUT2D eigenvalue weighted by Gasteiger charge is 2.28. The molecule has 0 unspecified atom stereocenters. The van der Waals surface area contributed by atoms with Gasteiger partial charge in [-0.3, -0.25) is 0 Å². The highest BCUT2D eigenvalue weighted by atomic mass is 127. The first-order valence-electron chi connectivity index (χ1n) is 7.87. The number of nitrogens with zero attached hydrogens (tertiary/aromatic N) is 2. The fraction of sp³-hybridized carbons (Fsp3) is 0.562. The van der Waals surface area contributed by atoms with Gasteiger partial charge in [0.25, 0.3) is 0 Å². The minimum Gasteiger partial charge on any atom is -0.484 e. The normalized spacial score (nSPS) is 18.0. The zero-order chi connectivity index (χ0) is 17.6. The molecule has 25 heavy (non-hydrogen) atoms. The number of aliphatic hydroxyl groups is 1. The molecule has 0 saturated carbocycles. The Morgan fingerprint density at radius 2 is 2.04 bits per heavy atom. The first-order chi connectivity index (χ1) is 11.4. The average Bonchev–Trinajstić information content (AvgIpc) is 2.96. The van der Waals surface area contributed by atoms with Crippen molar-refractivity contribution in [1.82, 2.24) is 10.2 Å². The molecule has 1 aliphatic heterocycles. The Bertz CT molecular complexity index is 553. The van der Waals surface area contributed by atoms with Crippen LogP contribution in [-0.2, 0) is 6.54 Å². The van der Waals surface area contributed by atoms with Crippen molar-refractivity contribution in [3.8, 4) is 5.75 Å². The lowest BCUT2D eigenvalue weighted by atomic mass is 10.2. The van der Waals surface area contributed by atoms with Crippen LogP contribution in [0.1, 0.15) is 18.9 Å². The van der Waals surface area contributed by atoms with Gasteiger partial charge in [-0.1, -0.05) is 12.1 Å². The SMILES string of the molecule is CCNC(=NCc1ccc(OCC(F)(F)F)cc1)N1CC[C@@H](O)C1.I. The number of hydrogen-bond donors (Lipinski definition) is 2. The fourth-order valence-corrected chi connectivity index (χ4v) is 2.38. The first kappa shape index (κ1) is 21.8. The van der Waals surface area contributed by atoms with Crippen LogP contribution in [0.15, 0.2) is 29.3 Å². The molecule has 0 amide bonds. The largest absolute Gasteiger partial charge is 0.484 e. The number of nitrogens with one attached hydrogen (secondary N) is 1. The van der Waals surface area contributed by atoms with Gasteiger partial charge in [0.15, 0.2) is 12.6 Å². The van der Waals surface area contributed by atoms with Gasteiger partial charge in [-0.15, -0.1) is 24.0 Å². The predicted octanol–water partition coefficient (Wildman–Crippen LogP) is 2.78. The second kappa shape index (κ2) is 10.0. The molecule has 1 aliphatic rings. The molecule has 0 spiro atoms. The molecule has 1 atom stereocenters. The van der Waals surface area contributed by atoms with Crippen molar-refractivity contribution < 1.29 is 23.0 Å². The second-order valence-electron chi connectivity index (χ2n) is 5.61. The van der Waals surface area contributed by atoms with E-state index in [-0.39, 0.29) is 35.8 Å². The molecule has 0 aliphatic carbocycles. The minimum absolute atomic E-state index is 0. The molecule has 2 N–H and O–H groups in total. The Hall–Kier alpha value is -1.23. The summed E-state index contributed by atoms with van der Waals surface area (Å²) >= 11 is 0. The van der Waals surface area contributed by atoms with Gasteiger partial charge in [-0.05, 0) is 31.0 Å². The van der Waals surface area contributed by atoms with E-state index in [2.05, 4.69) is 15.0 Å². The third-order valence-electron chi connectivity index (χ3n) is 3.54. The van der Waals surface area contributed by atoms with E-state index in [9.17, 15) is 18.3 Å². The van der Waals surface area contributed by atoms with Crippen molar-refractivity contribution in [3.63, 3.8) is 0 Å². The Balaban J connectivity index is 0.00000312. The summed E-state index contributed by atoms with van der Waals surface area (Å²) in [7, 11) is 0. The van der Waals surface area contributed by atoms with Gasteiger partial charge in [-0.25, -0.2) is 4.99 Å². The molecule has 142 valence electrons. The number of likely N-dealkylation sites (tertiary alicyclic amines) is 1. The maximum absolute atomic E-state index is 12.1. The van der Waals surface area contributed by atoms with Crippen molar-refractivity contribution >= 4 is 29.9 Å². The summed E-state index contributed by atoms with van der Waals surface area (Å²) in [5.74, 6) is 0.904. The van der Waals surface area contributed by atoms with Crippen LogP contribution in [0.3, 0.4) is 0 Å². The fourth-order valence-electron chi connectivity index (χ4n) is 2.38. The van der Waals surface area contributed by atoms with Crippen LogP contribution in [0.5, 0.6) is 5.75 Å². The Labute approximate surface area is 162 Å². The van der Waals surface area contributed by atoms with Crippen LogP contribution >= 0.6 is 24.0 Å². The van der Waals surface area contributed by atoms with Crippen molar-refractivity contribution in [2.75, 3.05) is 26.2 Å². The third-order valence-corrected chi connectivity index (χ3v) is 3.54. The molecular formula is C16H23F3IN3O2. The number of alkyl halides is 3. The number of aliphatic hydroxyl groups excluding tert-OH is 1. The lowest BCUT2D eigenvalue weighted by Gasteiger charge is -2.20. The molecule has 0 bridgehead atoms. The maximum Gasteiger partial charge on any atom is 0.422 e. The topological polar surface area (TPSA) is 57.1 Å². The first-order valence-corrected chi connectivity index (χ1v) is 7.87. The van der Waals surface area contributed by atoms with Gasteiger partial charge in [0.05, 0.1) is 12.6 Å². The number of ether oxygens (including phenoxy) is 1. The summed E-state index contributed by atoms with van der Waals surface area (Å²) in [5.41, 5.74) is 0.865. The van der Waals surface area contributed by atoms with Gasteiger partial charge in [-0.2, -0.15) is 13.2 Å². The molecule has 1 saturated heterocycles. The van der Waals surface area contributed by atoms with Gasteiger partial charge in [0, 0.05) is 19.6 Å². The molecule has 1 heterocycles. The summed E-state index contributed by atoms with van der Waals surface area (Å²) in [6.45, 7) is 3.08. The summed E-state index contributed by atoms with van der Waals surface area (Å²) < 4.78 is 41.0. The standard InChI is InChI=1S/C16H22F3N3O2.HI/c1-2-20-15(22-8-7-13(23)10-22)21-9-12-3-5-14(6-4-12)24-11-16(17,18)19;/h3-6,13,23H,2,7-11H2,1H3,(H,20,21);1H/t13-;/m1./s1. The molecule has 1 aromatic rings. The number of rotatable bonds is 5. The Morgan fingerprint density at radius 1 is 1.36 bits per heavy atom. The van der Waals surface area contributed by atoms with Crippen molar-refractivity contribution in [2.24, 2.45) is 4.99 Å².